The van der Waals surface area contributed by atoms with E-state index in [4.69, 9.17) is 19.8 Å². The van der Waals surface area contributed by atoms with Gasteiger partial charge in [-0.05, 0) is 101 Å². The molecule has 2 fully saturated rings. The van der Waals surface area contributed by atoms with E-state index in [1.165, 1.54) is 23.1 Å². The molecule has 0 radical (unpaired) electrons. The zero-order valence-corrected chi connectivity index (χ0v) is 28.1. The zero-order valence-electron chi connectivity index (χ0n) is 36.1. The smallest absolute Gasteiger partial charge is 0.227 e. The van der Waals surface area contributed by atoms with Gasteiger partial charge in [0, 0.05) is 69.1 Å². The van der Waals surface area contributed by atoms with Crippen LogP contribution < -0.4 is 9.80 Å². The summed E-state index contributed by atoms with van der Waals surface area (Å²) in [6.07, 6.45) is -1.35. The number of pyridine rings is 2. The van der Waals surface area contributed by atoms with Gasteiger partial charge in [-0.3, -0.25) is 0 Å². The van der Waals surface area contributed by atoms with Crippen LogP contribution in [0, 0.1) is 38.5 Å². The predicted molar refractivity (Wildman–Crippen MR) is 206 cm³/mol. The first-order valence-corrected chi connectivity index (χ1v) is 16.0. The Balaban J connectivity index is 0.000000219. The Labute approximate surface area is 298 Å². The van der Waals surface area contributed by atoms with E-state index in [1.807, 2.05) is 45.0 Å². The van der Waals surface area contributed by atoms with Crippen molar-refractivity contribution in [1.29, 1.82) is 0 Å². The topological polar surface area (TPSA) is 58.5 Å². The van der Waals surface area contributed by atoms with Crippen molar-refractivity contribution in [1.82, 2.24) is 9.97 Å². The van der Waals surface area contributed by atoms with Crippen LogP contribution >= 0.6 is 0 Å². The number of hydrogen-bond acceptors (Lipinski definition) is 6. The van der Waals surface area contributed by atoms with Crippen LogP contribution in [-0.2, 0) is 0 Å². The molecule has 2 saturated heterocycles. The summed E-state index contributed by atoms with van der Waals surface area (Å²) in [5.74, 6) is 0. The van der Waals surface area contributed by atoms with Gasteiger partial charge < -0.3 is 18.6 Å². The van der Waals surface area contributed by atoms with E-state index < -0.39 is 37.6 Å². The first-order chi connectivity index (χ1) is 24.9. The molecule has 2 aliphatic rings. The minimum Gasteiger partial charge on any atom is -0.436 e. The molecular formula is C42H56N4O2. The molecule has 4 aromatic heterocycles. The Morgan fingerprint density at radius 2 is 1.17 bits per heavy atom. The largest absolute Gasteiger partial charge is 0.436 e. The molecule has 2 aromatic carbocycles. The van der Waals surface area contributed by atoms with Gasteiger partial charge in [0.05, 0.1) is 11.4 Å². The highest BCUT2D eigenvalue weighted by Crippen LogP contribution is 2.48. The van der Waals surface area contributed by atoms with Crippen LogP contribution in [-0.4, -0.2) is 35.1 Å². The van der Waals surface area contributed by atoms with E-state index in [0.29, 0.717) is 22.4 Å². The Morgan fingerprint density at radius 3 is 1.65 bits per heavy atom. The normalized spacial score (nSPS) is 21.9. The summed E-state index contributed by atoms with van der Waals surface area (Å²) in [5, 5.41) is 3.82. The molecule has 0 atom stereocenters. The predicted octanol–water partition coefficient (Wildman–Crippen LogP) is 11.7. The maximum atomic E-state index is 8.86. The van der Waals surface area contributed by atoms with Crippen molar-refractivity contribution in [2.24, 2.45) is 10.8 Å². The lowest BCUT2D eigenvalue weighted by atomic mass is 9.86. The molecular weight excluding hydrogens is 592 g/mol. The molecule has 6 heterocycles. The highest BCUT2D eigenvalue weighted by atomic mass is 16.3. The number of hydrogen-bond donors (Lipinski definition) is 0. The summed E-state index contributed by atoms with van der Waals surface area (Å²) in [6.45, 7) is 11.1. The Hall–Kier alpha value is -4.06. The molecule has 6 heteroatoms. The summed E-state index contributed by atoms with van der Waals surface area (Å²) < 4.78 is 78.7. The fourth-order valence-corrected chi connectivity index (χ4v) is 7.25. The van der Waals surface area contributed by atoms with Crippen LogP contribution in [0.2, 0.25) is 0 Å². The van der Waals surface area contributed by atoms with Gasteiger partial charge in [-0.2, -0.15) is 0 Å². The Bertz CT molecular complexity index is 2430. The monoisotopic (exact) mass is 656 g/mol. The molecule has 0 unspecified atom stereocenters. The lowest BCUT2D eigenvalue weighted by Crippen LogP contribution is -2.38. The maximum Gasteiger partial charge on any atom is 0.227 e. The van der Waals surface area contributed by atoms with Crippen molar-refractivity contribution in [3.05, 3.63) is 71.0 Å². The second kappa shape index (κ2) is 12.1. The number of rotatable bonds is 2. The first kappa shape index (κ1) is 25.9. The molecule has 0 amide bonds. The number of furan rings is 2. The molecule has 0 spiro atoms. The van der Waals surface area contributed by atoms with Crippen molar-refractivity contribution in [3.63, 3.8) is 0 Å². The van der Waals surface area contributed by atoms with Crippen molar-refractivity contribution >= 4 is 55.5 Å². The second-order valence-electron chi connectivity index (χ2n) is 14.5. The molecule has 0 saturated carbocycles. The molecule has 2 aliphatic heterocycles. The SMILES string of the molecule is C.C.Cc1ccc2c(n1)oc1c(N3CCC(C)(C)C3)c(C)ccc12.[2H]C([2H])([2H])C1(C([2H])([2H])[2H])CN(c2c(C)ccc3c2oc2nc(C)ccc23)C(C)(C)C1([2H])[2H]. The molecule has 6 nitrogen and oxygen atoms in total. The van der Waals surface area contributed by atoms with Crippen LogP contribution in [0.1, 0.15) is 103 Å². The molecule has 0 N–H and O–H groups in total. The number of anilines is 2. The number of aryl methyl sites for hydroxylation is 4. The highest BCUT2D eigenvalue weighted by molar-refractivity contribution is 6.09. The van der Waals surface area contributed by atoms with Crippen LogP contribution in [0.25, 0.3) is 44.1 Å². The fourth-order valence-electron chi connectivity index (χ4n) is 7.25. The molecule has 6 aromatic rings. The molecule has 8 rings (SSSR count). The third-order valence-electron chi connectivity index (χ3n) is 9.50. The molecule has 0 bridgehead atoms. The van der Waals surface area contributed by atoms with Crippen LogP contribution in [0.5, 0.6) is 0 Å². The van der Waals surface area contributed by atoms with E-state index in [1.54, 1.807) is 18.7 Å². The number of fused-ring (bicyclic) bond motifs is 6. The van der Waals surface area contributed by atoms with Gasteiger partial charge in [0.25, 0.3) is 0 Å². The van der Waals surface area contributed by atoms with E-state index in [9.17, 15) is 0 Å². The number of nitrogens with zero attached hydrogens (tertiary/aromatic N) is 4. The van der Waals surface area contributed by atoms with E-state index in [2.05, 4.69) is 59.9 Å². The summed E-state index contributed by atoms with van der Waals surface area (Å²) >= 11 is 0. The second-order valence-corrected chi connectivity index (χ2v) is 14.5. The van der Waals surface area contributed by atoms with Gasteiger partial charge in [0.2, 0.25) is 11.4 Å². The van der Waals surface area contributed by atoms with Gasteiger partial charge in [0.15, 0.2) is 11.2 Å². The minimum atomic E-state index is -3.07. The van der Waals surface area contributed by atoms with Crippen molar-refractivity contribution in [2.45, 2.75) is 102 Å². The van der Waals surface area contributed by atoms with Crippen molar-refractivity contribution in [3.8, 4) is 0 Å². The van der Waals surface area contributed by atoms with Gasteiger partial charge >= 0.3 is 0 Å². The summed E-state index contributed by atoms with van der Waals surface area (Å²) in [6, 6.07) is 16.0. The van der Waals surface area contributed by atoms with E-state index >= 15 is 0 Å². The Kier molecular flexibility index (Phi) is 6.54. The quantitative estimate of drug-likeness (QED) is 0.185. The third kappa shape index (κ3) is 6.03. The third-order valence-corrected chi connectivity index (χ3v) is 9.50. The number of aromatic nitrogens is 2. The van der Waals surface area contributed by atoms with Crippen molar-refractivity contribution in [2.75, 3.05) is 29.4 Å². The van der Waals surface area contributed by atoms with E-state index in [-0.39, 0.29) is 14.9 Å². The van der Waals surface area contributed by atoms with Gasteiger partial charge in [-0.25, -0.2) is 9.97 Å². The standard InChI is InChI=1S/C21H26N2O.C19H22N2O.2CH4/c1-13-7-9-15-16-10-8-14(2)22-19(16)24-18(15)17(13)23-12-20(3,4)11-21(23,5)6;1-12-5-7-14-15-8-6-13(2)20-18(15)22-17(14)16(12)21-10-9-19(3,4)11-21;;/h7-10H,11-12H2,1-6H3;5-8H,9-11H2,1-4H3;2*1H4/i3D3,4D3,11D2;;;. The first-order valence-electron chi connectivity index (χ1n) is 20.0. The average Bonchev–Trinajstić information content (AvgIpc) is 3.75. The van der Waals surface area contributed by atoms with E-state index in [0.717, 1.165) is 57.5 Å². The Morgan fingerprint density at radius 1 is 0.667 bits per heavy atom. The lowest BCUT2D eigenvalue weighted by Gasteiger charge is -2.34. The lowest BCUT2D eigenvalue weighted by molar-refractivity contribution is 0.371. The summed E-state index contributed by atoms with van der Waals surface area (Å²) in [5.41, 5.74) is 4.43. The van der Waals surface area contributed by atoms with Gasteiger partial charge in [-0.1, -0.05) is 66.7 Å². The average molecular weight is 657 g/mol. The van der Waals surface area contributed by atoms with Gasteiger partial charge in [0.1, 0.15) is 0 Å². The van der Waals surface area contributed by atoms with Crippen molar-refractivity contribution < 1.29 is 19.8 Å². The zero-order chi connectivity index (χ0) is 39.6. The summed E-state index contributed by atoms with van der Waals surface area (Å²) in [7, 11) is 0. The molecule has 48 heavy (non-hydrogen) atoms. The molecule has 256 valence electrons. The van der Waals surface area contributed by atoms with Crippen LogP contribution in [0.15, 0.2) is 57.4 Å². The van der Waals surface area contributed by atoms with Crippen LogP contribution in [0.3, 0.4) is 0 Å². The van der Waals surface area contributed by atoms with Crippen LogP contribution in [0.4, 0.5) is 11.4 Å². The van der Waals surface area contributed by atoms with Gasteiger partial charge in [-0.15, -0.1) is 0 Å². The fraction of sp³-hybridized carbons (Fsp3) is 0.476. The maximum absolute atomic E-state index is 8.86. The number of benzene rings is 2. The highest BCUT2D eigenvalue weighted by Gasteiger charge is 2.44. The summed E-state index contributed by atoms with van der Waals surface area (Å²) in [4.78, 5) is 13.0. The molecule has 0 aliphatic carbocycles. The minimum absolute atomic E-state index is 0.